The average Bonchev–Trinajstić information content (AvgIpc) is 2.64. The van der Waals surface area contributed by atoms with Crippen LogP contribution in [0, 0.1) is 5.82 Å². The highest BCUT2D eigenvalue weighted by Crippen LogP contribution is 2.26. The topological polar surface area (TPSA) is 21.3 Å². The molecular formula is C21H17Cl3FNO. The van der Waals surface area contributed by atoms with E-state index in [-0.39, 0.29) is 5.82 Å². The fraction of sp³-hybridized carbons (Fsp3) is 0.143. The molecule has 0 aliphatic carbocycles. The number of hydrogen-bond acceptors (Lipinski definition) is 2. The van der Waals surface area contributed by atoms with Crippen LogP contribution in [0.1, 0.15) is 16.7 Å². The van der Waals surface area contributed by atoms with Gasteiger partial charge in [0.25, 0.3) is 0 Å². The van der Waals surface area contributed by atoms with E-state index in [0.29, 0.717) is 34.8 Å². The lowest BCUT2D eigenvalue weighted by molar-refractivity contribution is 0.302. The highest BCUT2D eigenvalue weighted by Gasteiger charge is 2.08. The molecule has 0 aliphatic heterocycles. The van der Waals surface area contributed by atoms with Gasteiger partial charge in [-0.05, 0) is 48.0 Å². The Labute approximate surface area is 172 Å². The quantitative estimate of drug-likeness (QED) is 0.458. The molecule has 3 aromatic carbocycles. The Bertz CT molecular complexity index is 916. The van der Waals surface area contributed by atoms with Crippen molar-refractivity contribution in [1.82, 2.24) is 5.32 Å². The Kier molecular flexibility index (Phi) is 6.97. The smallest absolute Gasteiger partial charge is 0.124 e. The number of benzene rings is 3. The number of nitrogens with one attached hydrogen (secondary N) is 1. The molecule has 2 nitrogen and oxygen atoms in total. The molecule has 0 amide bonds. The van der Waals surface area contributed by atoms with Crippen LogP contribution in [0.25, 0.3) is 0 Å². The van der Waals surface area contributed by atoms with Gasteiger partial charge in [0.1, 0.15) is 18.2 Å². The Morgan fingerprint density at radius 1 is 0.778 bits per heavy atom. The van der Waals surface area contributed by atoms with Crippen LogP contribution in [-0.2, 0) is 19.7 Å². The molecule has 0 fully saturated rings. The predicted molar refractivity (Wildman–Crippen MR) is 109 cm³/mol. The minimum absolute atomic E-state index is 0.245. The Balaban J connectivity index is 1.64. The minimum Gasteiger partial charge on any atom is -0.489 e. The standard InChI is InChI=1S/C21H17Cl3FNO/c22-17-5-8-21(27-13-15-3-4-18(23)10-20(15)24)16(9-17)12-26-11-14-1-6-19(25)7-2-14/h1-10,26H,11-13H2. The molecule has 6 heteroatoms. The van der Waals surface area contributed by atoms with Gasteiger partial charge in [-0.3, -0.25) is 0 Å². The Morgan fingerprint density at radius 2 is 1.48 bits per heavy atom. The lowest BCUT2D eigenvalue weighted by Crippen LogP contribution is -2.13. The van der Waals surface area contributed by atoms with Crippen LogP contribution in [0.4, 0.5) is 4.39 Å². The monoisotopic (exact) mass is 423 g/mol. The Morgan fingerprint density at radius 3 is 2.22 bits per heavy atom. The fourth-order valence-electron chi connectivity index (χ4n) is 2.56. The normalized spacial score (nSPS) is 10.8. The highest BCUT2D eigenvalue weighted by molar-refractivity contribution is 6.35. The molecule has 27 heavy (non-hydrogen) atoms. The summed E-state index contributed by atoms with van der Waals surface area (Å²) in [5, 5.41) is 5.09. The van der Waals surface area contributed by atoms with Crippen molar-refractivity contribution in [3.63, 3.8) is 0 Å². The van der Waals surface area contributed by atoms with Gasteiger partial charge in [0.15, 0.2) is 0 Å². The van der Waals surface area contributed by atoms with E-state index in [2.05, 4.69) is 5.32 Å². The maximum atomic E-state index is 13.0. The van der Waals surface area contributed by atoms with E-state index in [1.807, 2.05) is 18.2 Å². The molecule has 0 aliphatic rings. The largest absolute Gasteiger partial charge is 0.489 e. The lowest BCUT2D eigenvalue weighted by atomic mass is 10.1. The van der Waals surface area contributed by atoms with Gasteiger partial charge < -0.3 is 10.1 Å². The van der Waals surface area contributed by atoms with E-state index < -0.39 is 0 Å². The molecular weight excluding hydrogens is 408 g/mol. The van der Waals surface area contributed by atoms with Crippen molar-refractivity contribution < 1.29 is 9.13 Å². The fourth-order valence-corrected chi connectivity index (χ4v) is 3.22. The molecule has 0 saturated heterocycles. The SMILES string of the molecule is Fc1ccc(CNCc2cc(Cl)ccc2OCc2ccc(Cl)cc2Cl)cc1. The molecule has 140 valence electrons. The third-order valence-electron chi connectivity index (χ3n) is 3.98. The summed E-state index contributed by atoms with van der Waals surface area (Å²) in [5.74, 6) is 0.474. The van der Waals surface area contributed by atoms with E-state index in [1.54, 1.807) is 30.3 Å². The minimum atomic E-state index is -0.245. The molecule has 0 aromatic heterocycles. The summed E-state index contributed by atoms with van der Waals surface area (Å²) in [7, 11) is 0. The molecule has 1 N–H and O–H groups in total. The number of hydrogen-bond donors (Lipinski definition) is 1. The number of halogens is 4. The van der Waals surface area contributed by atoms with Crippen LogP contribution in [-0.4, -0.2) is 0 Å². The second kappa shape index (κ2) is 9.43. The molecule has 0 spiro atoms. The van der Waals surface area contributed by atoms with E-state index in [1.165, 1.54) is 12.1 Å². The first kappa shape index (κ1) is 20.0. The zero-order chi connectivity index (χ0) is 19.2. The molecule has 3 aromatic rings. The summed E-state index contributed by atoms with van der Waals surface area (Å²) in [6.45, 7) is 1.49. The maximum absolute atomic E-state index is 13.0. The van der Waals surface area contributed by atoms with E-state index >= 15 is 0 Å². The molecule has 0 heterocycles. The zero-order valence-electron chi connectivity index (χ0n) is 14.3. The van der Waals surface area contributed by atoms with Gasteiger partial charge in [-0.15, -0.1) is 0 Å². The van der Waals surface area contributed by atoms with Gasteiger partial charge in [-0.25, -0.2) is 4.39 Å². The lowest BCUT2D eigenvalue weighted by Gasteiger charge is -2.14. The highest BCUT2D eigenvalue weighted by atomic mass is 35.5. The van der Waals surface area contributed by atoms with E-state index in [0.717, 1.165) is 22.4 Å². The molecule has 0 saturated carbocycles. The van der Waals surface area contributed by atoms with Crippen molar-refractivity contribution >= 4 is 34.8 Å². The Hall–Kier alpha value is -1.78. The predicted octanol–water partition coefficient (Wildman–Crippen LogP) is 6.65. The first-order valence-corrected chi connectivity index (χ1v) is 9.45. The average molecular weight is 425 g/mol. The van der Waals surface area contributed by atoms with Gasteiger partial charge in [0, 0.05) is 39.3 Å². The van der Waals surface area contributed by atoms with Crippen LogP contribution in [0.2, 0.25) is 15.1 Å². The number of ether oxygens (including phenoxy) is 1. The van der Waals surface area contributed by atoms with E-state index in [4.69, 9.17) is 39.5 Å². The summed E-state index contributed by atoms with van der Waals surface area (Å²) < 4.78 is 18.9. The summed E-state index contributed by atoms with van der Waals surface area (Å²) in [6, 6.07) is 17.2. The molecule has 0 bridgehead atoms. The van der Waals surface area contributed by atoms with Crippen LogP contribution in [0.3, 0.4) is 0 Å². The number of rotatable bonds is 7. The first-order chi connectivity index (χ1) is 13.0. The summed E-state index contributed by atoms with van der Waals surface area (Å²) in [4.78, 5) is 0. The van der Waals surface area contributed by atoms with Crippen LogP contribution in [0.15, 0.2) is 60.7 Å². The van der Waals surface area contributed by atoms with Crippen molar-refractivity contribution in [2.75, 3.05) is 0 Å². The van der Waals surface area contributed by atoms with E-state index in [9.17, 15) is 4.39 Å². The third-order valence-corrected chi connectivity index (χ3v) is 4.80. The molecule has 3 rings (SSSR count). The van der Waals surface area contributed by atoms with Crippen molar-refractivity contribution in [2.24, 2.45) is 0 Å². The van der Waals surface area contributed by atoms with Crippen molar-refractivity contribution in [1.29, 1.82) is 0 Å². The zero-order valence-corrected chi connectivity index (χ0v) is 16.6. The molecule has 0 radical (unpaired) electrons. The third kappa shape index (κ3) is 5.85. The molecule has 0 atom stereocenters. The van der Waals surface area contributed by atoms with Gasteiger partial charge in [0.05, 0.1) is 0 Å². The summed E-state index contributed by atoms with van der Waals surface area (Å²) >= 11 is 18.3. The second-order valence-corrected chi connectivity index (χ2v) is 7.29. The summed E-state index contributed by atoms with van der Waals surface area (Å²) in [5.41, 5.74) is 2.77. The van der Waals surface area contributed by atoms with Gasteiger partial charge in [-0.2, -0.15) is 0 Å². The van der Waals surface area contributed by atoms with Crippen molar-refractivity contribution in [3.8, 4) is 5.75 Å². The summed E-state index contributed by atoms with van der Waals surface area (Å²) in [6.07, 6.45) is 0. The molecule has 0 unspecified atom stereocenters. The van der Waals surface area contributed by atoms with Crippen molar-refractivity contribution in [3.05, 3.63) is 98.2 Å². The van der Waals surface area contributed by atoms with Crippen LogP contribution >= 0.6 is 34.8 Å². The van der Waals surface area contributed by atoms with Crippen molar-refractivity contribution in [2.45, 2.75) is 19.7 Å². The first-order valence-electron chi connectivity index (χ1n) is 8.31. The van der Waals surface area contributed by atoms with Crippen LogP contribution < -0.4 is 10.1 Å². The maximum Gasteiger partial charge on any atom is 0.124 e. The van der Waals surface area contributed by atoms with Gasteiger partial charge >= 0.3 is 0 Å². The van der Waals surface area contributed by atoms with Gasteiger partial charge in [-0.1, -0.05) is 53.0 Å². The van der Waals surface area contributed by atoms with Gasteiger partial charge in [0.2, 0.25) is 0 Å². The van der Waals surface area contributed by atoms with Crippen LogP contribution in [0.5, 0.6) is 5.75 Å². The second-order valence-electron chi connectivity index (χ2n) is 6.01.